The quantitative estimate of drug-likeness (QED) is 0.639. The third-order valence-electron chi connectivity index (χ3n) is 5.64. The second-order valence-corrected chi connectivity index (χ2v) is 8.64. The van der Waals surface area contributed by atoms with Crippen LogP contribution in [0.4, 0.5) is 5.13 Å². The Labute approximate surface area is 172 Å². The summed E-state index contributed by atoms with van der Waals surface area (Å²) in [5.74, 6) is 0.831. The Balaban J connectivity index is 0.00000210. The van der Waals surface area contributed by atoms with Crippen LogP contribution in [0.3, 0.4) is 0 Å². The van der Waals surface area contributed by atoms with Gasteiger partial charge < -0.3 is 10.6 Å². The van der Waals surface area contributed by atoms with E-state index in [4.69, 9.17) is 5.73 Å². The highest BCUT2D eigenvalue weighted by molar-refractivity contribution is 7.22. The summed E-state index contributed by atoms with van der Waals surface area (Å²) in [6, 6.07) is 18.1. The number of nitrogens with two attached hydrogens (primary N) is 1. The average Bonchev–Trinajstić information content (AvgIpc) is 3.02. The summed E-state index contributed by atoms with van der Waals surface area (Å²) in [5, 5.41) is 0.658. The Morgan fingerprint density at radius 3 is 2.59 bits per heavy atom. The molecule has 0 aliphatic carbocycles. The molecule has 1 fully saturated rings. The van der Waals surface area contributed by atoms with Crippen molar-refractivity contribution in [2.24, 2.45) is 5.92 Å². The van der Waals surface area contributed by atoms with E-state index in [0.717, 1.165) is 17.9 Å². The normalized spacial score (nSPS) is 16.9. The van der Waals surface area contributed by atoms with Crippen LogP contribution >= 0.6 is 23.7 Å². The van der Waals surface area contributed by atoms with E-state index >= 15 is 0 Å². The van der Waals surface area contributed by atoms with Crippen LogP contribution < -0.4 is 5.73 Å². The third kappa shape index (κ3) is 5.01. The van der Waals surface area contributed by atoms with Crippen LogP contribution in [0.1, 0.15) is 30.9 Å². The van der Waals surface area contributed by atoms with Crippen molar-refractivity contribution in [3.8, 4) is 0 Å². The number of hydrogen-bond donors (Lipinski definition) is 1. The lowest BCUT2D eigenvalue weighted by Gasteiger charge is -2.36. The van der Waals surface area contributed by atoms with Gasteiger partial charge >= 0.3 is 0 Å². The Bertz CT molecular complexity index is 856. The standard InChI is InChI=1S/C22H27N3S.ClH/c1-16(13-19-7-8-20-21(15-19)26-22(23)24-20)25-11-9-18(10-12-25)14-17-5-3-2-4-6-17;/h2-8,15-16,18H,9-14H2,1H3,(H2,23,24);1H/t16-;/m0./s1. The van der Waals surface area contributed by atoms with Crippen molar-refractivity contribution in [3.63, 3.8) is 0 Å². The fourth-order valence-electron chi connectivity index (χ4n) is 4.13. The maximum atomic E-state index is 5.83. The molecule has 3 nitrogen and oxygen atoms in total. The Kier molecular flexibility index (Phi) is 6.74. The van der Waals surface area contributed by atoms with Crippen molar-refractivity contribution in [1.29, 1.82) is 0 Å². The van der Waals surface area contributed by atoms with Gasteiger partial charge in [0.15, 0.2) is 5.13 Å². The molecule has 5 heteroatoms. The highest BCUT2D eigenvalue weighted by Gasteiger charge is 2.23. The smallest absolute Gasteiger partial charge is 0.181 e. The minimum absolute atomic E-state index is 0. The molecular formula is C22H28ClN3S. The summed E-state index contributed by atoms with van der Waals surface area (Å²) in [7, 11) is 0. The van der Waals surface area contributed by atoms with Crippen LogP contribution in [0.5, 0.6) is 0 Å². The topological polar surface area (TPSA) is 42.1 Å². The van der Waals surface area contributed by atoms with Crippen molar-refractivity contribution in [2.75, 3.05) is 18.8 Å². The molecule has 0 amide bonds. The fourth-order valence-corrected chi connectivity index (χ4v) is 4.93. The molecule has 2 aromatic carbocycles. The van der Waals surface area contributed by atoms with E-state index in [1.807, 2.05) is 0 Å². The average molecular weight is 402 g/mol. The van der Waals surface area contributed by atoms with Crippen LogP contribution in [-0.4, -0.2) is 29.0 Å². The molecule has 1 aliphatic rings. The van der Waals surface area contributed by atoms with E-state index in [-0.39, 0.29) is 12.4 Å². The molecule has 1 saturated heterocycles. The molecule has 4 rings (SSSR count). The van der Waals surface area contributed by atoms with Gasteiger partial charge in [-0.05, 0) is 74.9 Å². The maximum Gasteiger partial charge on any atom is 0.181 e. The monoisotopic (exact) mass is 401 g/mol. The first-order chi connectivity index (χ1) is 12.7. The molecule has 2 N–H and O–H groups in total. The number of hydrogen-bond acceptors (Lipinski definition) is 4. The number of nitrogens with zero attached hydrogens (tertiary/aromatic N) is 2. The highest BCUT2D eigenvalue weighted by Crippen LogP contribution is 2.27. The van der Waals surface area contributed by atoms with Gasteiger partial charge in [0.1, 0.15) is 0 Å². The highest BCUT2D eigenvalue weighted by atomic mass is 35.5. The van der Waals surface area contributed by atoms with Gasteiger partial charge in [-0.2, -0.15) is 0 Å². The molecule has 0 radical (unpaired) electrons. The van der Waals surface area contributed by atoms with Crippen LogP contribution in [0.25, 0.3) is 10.2 Å². The number of aromatic nitrogens is 1. The first kappa shape index (κ1) is 20.1. The number of nitrogen functional groups attached to an aromatic ring is 1. The van der Waals surface area contributed by atoms with Crippen LogP contribution in [0.2, 0.25) is 0 Å². The van der Waals surface area contributed by atoms with Crippen molar-refractivity contribution >= 4 is 39.1 Å². The molecule has 144 valence electrons. The summed E-state index contributed by atoms with van der Waals surface area (Å²) < 4.78 is 1.20. The van der Waals surface area contributed by atoms with E-state index in [1.165, 1.54) is 48.2 Å². The summed E-state index contributed by atoms with van der Waals surface area (Å²) in [6.45, 7) is 4.80. The molecule has 2 heterocycles. The Hall–Kier alpha value is -1.62. The lowest BCUT2D eigenvalue weighted by atomic mass is 9.89. The predicted octanol–water partition coefficient (Wildman–Crippen LogP) is 5.19. The molecule has 0 bridgehead atoms. The summed E-state index contributed by atoms with van der Waals surface area (Å²) in [4.78, 5) is 7.01. The number of fused-ring (bicyclic) bond motifs is 1. The van der Waals surface area contributed by atoms with E-state index in [9.17, 15) is 0 Å². The van der Waals surface area contributed by atoms with Crippen molar-refractivity contribution in [1.82, 2.24) is 9.88 Å². The first-order valence-corrected chi connectivity index (χ1v) is 10.4. The molecule has 0 saturated carbocycles. The van der Waals surface area contributed by atoms with E-state index < -0.39 is 0 Å². The van der Waals surface area contributed by atoms with E-state index in [2.05, 4.69) is 65.3 Å². The van der Waals surface area contributed by atoms with Crippen LogP contribution in [0, 0.1) is 5.92 Å². The zero-order chi connectivity index (χ0) is 17.9. The molecule has 0 unspecified atom stereocenters. The predicted molar refractivity (Wildman–Crippen MR) is 119 cm³/mol. The van der Waals surface area contributed by atoms with Crippen molar-refractivity contribution < 1.29 is 0 Å². The third-order valence-corrected chi connectivity index (χ3v) is 6.49. The van der Waals surface area contributed by atoms with Gasteiger partial charge in [-0.1, -0.05) is 47.7 Å². The molecule has 1 aliphatic heterocycles. The van der Waals surface area contributed by atoms with E-state index in [1.54, 1.807) is 11.3 Å². The van der Waals surface area contributed by atoms with Crippen LogP contribution in [0.15, 0.2) is 48.5 Å². The van der Waals surface area contributed by atoms with Gasteiger partial charge in [0.2, 0.25) is 0 Å². The number of benzene rings is 2. The van der Waals surface area contributed by atoms with Gasteiger partial charge in [-0.15, -0.1) is 12.4 Å². The lowest BCUT2D eigenvalue weighted by molar-refractivity contribution is 0.140. The second-order valence-electron chi connectivity index (χ2n) is 7.58. The number of likely N-dealkylation sites (tertiary alicyclic amines) is 1. The SMILES string of the molecule is C[C@@H](Cc1ccc2nc(N)sc2c1)N1CCC(Cc2ccccc2)CC1.Cl. The summed E-state index contributed by atoms with van der Waals surface area (Å²) in [6.07, 6.45) is 4.94. The largest absolute Gasteiger partial charge is 0.375 e. The minimum atomic E-state index is 0. The van der Waals surface area contributed by atoms with Gasteiger partial charge in [0.05, 0.1) is 10.2 Å². The van der Waals surface area contributed by atoms with Gasteiger partial charge in [-0.25, -0.2) is 4.98 Å². The number of anilines is 1. The van der Waals surface area contributed by atoms with Gasteiger partial charge in [-0.3, -0.25) is 0 Å². The molecule has 1 atom stereocenters. The summed E-state index contributed by atoms with van der Waals surface area (Å²) in [5.41, 5.74) is 9.72. The van der Waals surface area contributed by atoms with E-state index in [0.29, 0.717) is 11.2 Å². The van der Waals surface area contributed by atoms with Gasteiger partial charge in [0.25, 0.3) is 0 Å². The van der Waals surface area contributed by atoms with Crippen LogP contribution in [-0.2, 0) is 12.8 Å². The number of rotatable bonds is 5. The molecule has 27 heavy (non-hydrogen) atoms. The molecular weight excluding hydrogens is 374 g/mol. The van der Waals surface area contributed by atoms with Crippen molar-refractivity contribution in [2.45, 2.75) is 38.6 Å². The van der Waals surface area contributed by atoms with Gasteiger partial charge in [0, 0.05) is 6.04 Å². The zero-order valence-corrected chi connectivity index (χ0v) is 17.4. The Morgan fingerprint density at radius 1 is 1.11 bits per heavy atom. The number of piperidine rings is 1. The molecule has 0 spiro atoms. The summed E-state index contributed by atoms with van der Waals surface area (Å²) >= 11 is 1.58. The molecule has 3 aromatic rings. The number of thiazole rings is 1. The fraction of sp³-hybridized carbons (Fsp3) is 0.409. The minimum Gasteiger partial charge on any atom is -0.375 e. The second kappa shape index (κ2) is 9.05. The number of halogens is 1. The Morgan fingerprint density at radius 2 is 1.85 bits per heavy atom. The zero-order valence-electron chi connectivity index (χ0n) is 15.8. The molecule has 1 aromatic heterocycles. The first-order valence-electron chi connectivity index (χ1n) is 9.60. The van der Waals surface area contributed by atoms with Crippen molar-refractivity contribution in [3.05, 3.63) is 59.7 Å². The maximum absolute atomic E-state index is 5.83. The lowest BCUT2D eigenvalue weighted by Crippen LogP contribution is -2.41.